The normalized spacial score (nSPS) is 11.6. The summed E-state index contributed by atoms with van der Waals surface area (Å²) >= 11 is 6.10. The third-order valence-electron chi connectivity index (χ3n) is 4.75. The molecule has 0 bridgehead atoms. The van der Waals surface area contributed by atoms with E-state index < -0.39 is 6.04 Å². The van der Waals surface area contributed by atoms with Gasteiger partial charge in [0.15, 0.2) is 0 Å². The van der Waals surface area contributed by atoms with Crippen molar-refractivity contribution in [2.75, 3.05) is 13.7 Å². The fourth-order valence-corrected chi connectivity index (χ4v) is 3.18. The Labute approximate surface area is 178 Å². The summed E-state index contributed by atoms with van der Waals surface area (Å²) in [6, 6.07) is 14.1. The van der Waals surface area contributed by atoms with Gasteiger partial charge in [0.05, 0.1) is 13.5 Å². The SMILES string of the molecule is CCCCNC(=O)[C@H](C)N(Cc1cccc(Cl)c1)C(=O)Cc1ccc(OC)cc1. The first kappa shape index (κ1) is 22.8. The van der Waals surface area contributed by atoms with Crippen LogP contribution in [-0.4, -0.2) is 36.4 Å². The van der Waals surface area contributed by atoms with Gasteiger partial charge in [-0.2, -0.15) is 0 Å². The smallest absolute Gasteiger partial charge is 0.242 e. The zero-order chi connectivity index (χ0) is 21.2. The number of methoxy groups -OCH3 is 1. The number of ether oxygens (including phenoxy) is 1. The Bertz CT molecular complexity index is 808. The van der Waals surface area contributed by atoms with Gasteiger partial charge in [-0.25, -0.2) is 0 Å². The molecule has 2 aromatic carbocycles. The van der Waals surface area contributed by atoms with Gasteiger partial charge in [-0.05, 0) is 48.7 Å². The molecular weight excluding hydrogens is 388 g/mol. The molecule has 29 heavy (non-hydrogen) atoms. The Kier molecular flexibility index (Phi) is 9.00. The first-order valence-electron chi connectivity index (χ1n) is 9.89. The topological polar surface area (TPSA) is 58.6 Å². The van der Waals surface area contributed by atoms with Gasteiger partial charge < -0.3 is 15.0 Å². The quantitative estimate of drug-likeness (QED) is 0.590. The van der Waals surface area contributed by atoms with Crippen LogP contribution in [0.15, 0.2) is 48.5 Å². The van der Waals surface area contributed by atoms with Crippen molar-refractivity contribution in [3.05, 3.63) is 64.7 Å². The van der Waals surface area contributed by atoms with E-state index in [2.05, 4.69) is 12.2 Å². The van der Waals surface area contributed by atoms with Crippen LogP contribution in [0.25, 0.3) is 0 Å². The van der Waals surface area contributed by atoms with Gasteiger partial charge >= 0.3 is 0 Å². The minimum atomic E-state index is -0.586. The summed E-state index contributed by atoms with van der Waals surface area (Å²) < 4.78 is 5.17. The fourth-order valence-electron chi connectivity index (χ4n) is 2.97. The summed E-state index contributed by atoms with van der Waals surface area (Å²) in [7, 11) is 1.60. The van der Waals surface area contributed by atoms with Crippen molar-refractivity contribution >= 4 is 23.4 Å². The number of rotatable bonds is 10. The first-order valence-corrected chi connectivity index (χ1v) is 10.3. The number of nitrogens with zero attached hydrogens (tertiary/aromatic N) is 1. The van der Waals surface area contributed by atoms with Crippen molar-refractivity contribution in [2.45, 2.75) is 45.7 Å². The van der Waals surface area contributed by atoms with E-state index >= 15 is 0 Å². The van der Waals surface area contributed by atoms with Crippen molar-refractivity contribution in [3.8, 4) is 5.75 Å². The molecule has 0 saturated heterocycles. The van der Waals surface area contributed by atoms with E-state index in [0.717, 1.165) is 29.7 Å². The lowest BCUT2D eigenvalue weighted by Crippen LogP contribution is -2.48. The third-order valence-corrected chi connectivity index (χ3v) is 4.99. The van der Waals surface area contributed by atoms with E-state index in [1.807, 2.05) is 42.5 Å². The molecule has 0 aliphatic carbocycles. The molecule has 0 radical (unpaired) electrons. The van der Waals surface area contributed by atoms with Crippen LogP contribution < -0.4 is 10.1 Å². The average Bonchev–Trinajstić information content (AvgIpc) is 2.72. The molecule has 5 nitrogen and oxygen atoms in total. The maximum Gasteiger partial charge on any atom is 0.242 e. The summed E-state index contributed by atoms with van der Waals surface area (Å²) in [5, 5.41) is 3.52. The van der Waals surface area contributed by atoms with E-state index in [1.165, 1.54) is 0 Å². The van der Waals surface area contributed by atoms with Crippen molar-refractivity contribution in [1.82, 2.24) is 10.2 Å². The Hall–Kier alpha value is -2.53. The number of amides is 2. The van der Waals surface area contributed by atoms with Crippen LogP contribution in [0.1, 0.15) is 37.8 Å². The molecule has 0 aliphatic rings. The number of hydrogen-bond acceptors (Lipinski definition) is 3. The predicted octanol–water partition coefficient (Wildman–Crippen LogP) is 4.22. The number of carbonyl (C=O) groups excluding carboxylic acids is 2. The molecule has 2 rings (SSSR count). The van der Waals surface area contributed by atoms with Gasteiger partial charge in [0, 0.05) is 18.1 Å². The van der Waals surface area contributed by atoms with Crippen LogP contribution >= 0.6 is 11.6 Å². The van der Waals surface area contributed by atoms with E-state index in [9.17, 15) is 9.59 Å². The fraction of sp³-hybridized carbons (Fsp3) is 0.391. The number of unbranched alkanes of at least 4 members (excludes halogenated alkanes) is 1. The number of hydrogen-bond donors (Lipinski definition) is 1. The highest BCUT2D eigenvalue weighted by atomic mass is 35.5. The summed E-state index contributed by atoms with van der Waals surface area (Å²) in [6.45, 7) is 4.76. The van der Waals surface area contributed by atoms with Crippen LogP contribution in [0.3, 0.4) is 0 Å². The van der Waals surface area contributed by atoms with Crippen LogP contribution in [-0.2, 0) is 22.6 Å². The Morgan fingerprint density at radius 1 is 1.14 bits per heavy atom. The van der Waals surface area contributed by atoms with E-state index in [4.69, 9.17) is 16.3 Å². The summed E-state index contributed by atoms with van der Waals surface area (Å²) in [5.41, 5.74) is 1.75. The van der Waals surface area contributed by atoms with Crippen LogP contribution in [0.2, 0.25) is 5.02 Å². The van der Waals surface area contributed by atoms with Crippen LogP contribution in [0.4, 0.5) is 0 Å². The van der Waals surface area contributed by atoms with Crippen LogP contribution in [0.5, 0.6) is 5.75 Å². The predicted molar refractivity (Wildman–Crippen MR) is 116 cm³/mol. The molecule has 0 aromatic heterocycles. The van der Waals surface area contributed by atoms with E-state index in [-0.39, 0.29) is 18.2 Å². The number of benzene rings is 2. The first-order chi connectivity index (χ1) is 13.9. The lowest BCUT2D eigenvalue weighted by atomic mass is 10.1. The number of carbonyl (C=O) groups is 2. The van der Waals surface area contributed by atoms with E-state index in [1.54, 1.807) is 25.0 Å². The van der Waals surface area contributed by atoms with Crippen molar-refractivity contribution in [1.29, 1.82) is 0 Å². The zero-order valence-corrected chi connectivity index (χ0v) is 18.0. The maximum atomic E-state index is 13.1. The second-order valence-corrected chi connectivity index (χ2v) is 7.43. The zero-order valence-electron chi connectivity index (χ0n) is 17.3. The van der Waals surface area contributed by atoms with Crippen molar-refractivity contribution in [2.24, 2.45) is 0 Å². The van der Waals surface area contributed by atoms with Gasteiger partial charge in [-0.3, -0.25) is 9.59 Å². The molecule has 0 spiro atoms. The Morgan fingerprint density at radius 2 is 1.86 bits per heavy atom. The molecule has 156 valence electrons. The van der Waals surface area contributed by atoms with Gasteiger partial charge in [-0.15, -0.1) is 0 Å². The molecule has 1 N–H and O–H groups in total. The molecule has 6 heteroatoms. The van der Waals surface area contributed by atoms with Gasteiger partial charge in [0.1, 0.15) is 11.8 Å². The standard InChI is InChI=1S/C23H29ClN2O3/c1-4-5-13-25-23(28)17(2)26(16-19-7-6-8-20(24)14-19)22(27)15-18-9-11-21(29-3)12-10-18/h6-12,14,17H,4-5,13,15-16H2,1-3H3,(H,25,28)/t17-/m0/s1. The van der Waals surface area contributed by atoms with Gasteiger partial charge in [0.25, 0.3) is 0 Å². The van der Waals surface area contributed by atoms with Crippen LogP contribution in [0, 0.1) is 0 Å². The highest BCUT2D eigenvalue weighted by molar-refractivity contribution is 6.30. The Balaban J connectivity index is 2.17. The second kappa shape index (κ2) is 11.5. The molecule has 1 atom stereocenters. The van der Waals surface area contributed by atoms with Crippen molar-refractivity contribution in [3.63, 3.8) is 0 Å². The lowest BCUT2D eigenvalue weighted by Gasteiger charge is -2.29. The average molecular weight is 417 g/mol. The summed E-state index contributed by atoms with van der Waals surface area (Å²) in [6.07, 6.45) is 2.11. The van der Waals surface area contributed by atoms with E-state index in [0.29, 0.717) is 18.1 Å². The minimum Gasteiger partial charge on any atom is -0.497 e. The molecule has 2 aromatic rings. The largest absolute Gasteiger partial charge is 0.497 e. The molecule has 0 aliphatic heterocycles. The summed E-state index contributed by atoms with van der Waals surface area (Å²) in [5.74, 6) is 0.470. The molecule has 0 fully saturated rings. The number of halogens is 1. The maximum absolute atomic E-state index is 13.1. The molecular formula is C23H29ClN2O3. The molecule has 2 amide bonds. The summed E-state index contributed by atoms with van der Waals surface area (Å²) in [4.78, 5) is 27.3. The van der Waals surface area contributed by atoms with Gasteiger partial charge in [-0.1, -0.05) is 49.2 Å². The Morgan fingerprint density at radius 3 is 2.48 bits per heavy atom. The van der Waals surface area contributed by atoms with Gasteiger partial charge in [0.2, 0.25) is 11.8 Å². The molecule has 0 saturated carbocycles. The highest BCUT2D eigenvalue weighted by Crippen LogP contribution is 2.17. The monoisotopic (exact) mass is 416 g/mol. The molecule has 0 heterocycles. The second-order valence-electron chi connectivity index (χ2n) is 7.00. The highest BCUT2D eigenvalue weighted by Gasteiger charge is 2.26. The van der Waals surface area contributed by atoms with Crippen molar-refractivity contribution < 1.29 is 14.3 Å². The molecule has 0 unspecified atom stereocenters. The third kappa shape index (κ3) is 7.09. The number of nitrogens with one attached hydrogen (secondary N) is 1. The minimum absolute atomic E-state index is 0.117. The lowest BCUT2D eigenvalue weighted by molar-refractivity contribution is -0.140.